The van der Waals surface area contributed by atoms with Crippen molar-refractivity contribution in [1.29, 1.82) is 0 Å². The van der Waals surface area contributed by atoms with Crippen LogP contribution >= 0.6 is 11.3 Å². The molecule has 1 fully saturated rings. The number of anilines is 1. The molecule has 0 unspecified atom stereocenters. The van der Waals surface area contributed by atoms with E-state index in [9.17, 15) is 22.8 Å². The molecule has 1 aromatic heterocycles. The number of thiophene rings is 1. The summed E-state index contributed by atoms with van der Waals surface area (Å²) in [5.41, 5.74) is 0.881. The quantitative estimate of drug-likeness (QED) is 0.675. The molecule has 1 N–H and O–H groups in total. The number of aryl methyl sites for hydroxylation is 2. The van der Waals surface area contributed by atoms with Crippen molar-refractivity contribution in [1.82, 2.24) is 5.32 Å². The van der Waals surface area contributed by atoms with Crippen LogP contribution in [0.2, 0.25) is 0 Å². The van der Waals surface area contributed by atoms with Crippen LogP contribution in [0, 0.1) is 13.8 Å². The molecule has 3 rings (SSSR count). The zero-order valence-electron chi connectivity index (χ0n) is 17.0. The maximum atomic E-state index is 13.5. The molecule has 0 aliphatic heterocycles. The van der Waals surface area contributed by atoms with Gasteiger partial charge >= 0.3 is 12.1 Å². The summed E-state index contributed by atoms with van der Waals surface area (Å²) in [6.07, 6.45) is -0.504. The van der Waals surface area contributed by atoms with Gasteiger partial charge in [0.15, 0.2) is 6.04 Å². The predicted octanol–water partition coefficient (Wildman–Crippen LogP) is 5.45. The highest BCUT2D eigenvalue weighted by Gasteiger charge is 2.48. The molecule has 0 bridgehead atoms. The number of benzene rings is 1. The second-order valence-electron chi connectivity index (χ2n) is 7.70. The number of carbonyl (C=O) groups excluding carboxylic acids is 2. The molecule has 1 aliphatic rings. The number of alkyl halides is 3. The van der Waals surface area contributed by atoms with E-state index in [1.54, 1.807) is 31.2 Å². The van der Waals surface area contributed by atoms with Gasteiger partial charge < -0.3 is 5.32 Å². The van der Waals surface area contributed by atoms with Crippen molar-refractivity contribution in [3.63, 3.8) is 0 Å². The Labute approximate surface area is 178 Å². The third kappa shape index (κ3) is 5.22. The highest BCUT2D eigenvalue weighted by atomic mass is 32.1. The molecule has 1 saturated carbocycles. The lowest BCUT2D eigenvalue weighted by atomic mass is 9.95. The molecule has 30 heavy (non-hydrogen) atoms. The number of halogens is 3. The van der Waals surface area contributed by atoms with Crippen LogP contribution in [-0.4, -0.2) is 24.0 Å². The first-order valence-electron chi connectivity index (χ1n) is 10.0. The minimum Gasteiger partial charge on any atom is -0.351 e. The van der Waals surface area contributed by atoms with Gasteiger partial charge in [-0.1, -0.05) is 37.0 Å². The highest BCUT2D eigenvalue weighted by molar-refractivity contribution is 7.12. The average Bonchev–Trinajstić information content (AvgIpc) is 3.12. The normalized spacial score (nSPS) is 16.2. The highest BCUT2D eigenvalue weighted by Crippen LogP contribution is 2.36. The Morgan fingerprint density at radius 3 is 2.20 bits per heavy atom. The first-order chi connectivity index (χ1) is 14.2. The third-order valence-corrected chi connectivity index (χ3v) is 6.32. The van der Waals surface area contributed by atoms with E-state index in [1.165, 1.54) is 23.5 Å². The molecule has 1 aliphatic carbocycles. The van der Waals surface area contributed by atoms with Crippen molar-refractivity contribution >= 4 is 28.8 Å². The van der Waals surface area contributed by atoms with Crippen LogP contribution in [0.15, 0.2) is 36.4 Å². The zero-order valence-corrected chi connectivity index (χ0v) is 17.8. The second kappa shape index (κ2) is 9.20. The van der Waals surface area contributed by atoms with E-state index >= 15 is 0 Å². The number of hydrogen-bond acceptors (Lipinski definition) is 3. The van der Waals surface area contributed by atoms with Gasteiger partial charge in [-0.2, -0.15) is 13.2 Å². The van der Waals surface area contributed by atoms with Gasteiger partial charge in [0.05, 0.1) is 0 Å². The van der Waals surface area contributed by atoms with Crippen LogP contribution in [-0.2, 0) is 9.59 Å². The van der Waals surface area contributed by atoms with E-state index in [0.717, 1.165) is 42.5 Å². The molecule has 2 aromatic rings. The van der Waals surface area contributed by atoms with Gasteiger partial charge in [0, 0.05) is 21.5 Å². The lowest BCUT2D eigenvalue weighted by Gasteiger charge is -2.33. The molecule has 0 spiro atoms. The van der Waals surface area contributed by atoms with E-state index < -0.39 is 24.0 Å². The summed E-state index contributed by atoms with van der Waals surface area (Å²) in [6, 6.07) is 8.03. The standard InChI is InChI=1S/C22H25F3N2O2S/c1-14-8-11-17(12-9-14)27(21(29)22(23,24)25)19(18-13-10-15(2)30-18)20(28)26-16-6-4-3-5-7-16/h8-13,16,19H,3-7H2,1-2H3,(H,26,28)/t19-/m0/s1. The van der Waals surface area contributed by atoms with E-state index in [0.29, 0.717) is 9.78 Å². The molecule has 0 radical (unpaired) electrons. The monoisotopic (exact) mass is 438 g/mol. The SMILES string of the molecule is Cc1ccc(N(C(=O)C(F)(F)F)[C@H](C(=O)NC2CCCCC2)c2ccc(C)s2)cc1. The number of amides is 2. The number of nitrogens with zero attached hydrogens (tertiary/aromatic N) is 1. The fourth-order valence-electron chi connectivity index (χ4n) is 3.73. The fraction of sp³-hybridized carbons (Fsp3) is 0.455. The maximum absolute atomic E-state index is 13.5. The Balaban J connectivity index is 2.04. The lowest BCUT2D eigenvalue weighted by molar-refractivity contribution is -0.171. The van der Waals surface area contributed by atoms with Gasteiger partial charge in [-0.15, -0.1) is 11.3 Å². The number of nitrogens with one attached hydrogen (secondary N) is 1. The van der Waals surface area contributed by atoms with E-state index in [4.69, 9.17) is 0 Å². The van der Waals surface area contributed by atoms with Crippen molar-refractivity contribution in [3.8, 4) is 0 Å². The van der Waals surface area contributed by atoms with Crippen LogP contribution < -0.4 is 10.2 Å². The van der Waals surface area contributed by atoms with Gasteiger partial charge in [-0.25, -0.2) is 0 Å². The molecule has 0 saturated heterocycles. The lowest BCUT2D eigenvalue weighted by Crippen LogP contribution is -2.50. The topological polar surface area (TPSA) is 49.4 Å². The van der Waals surface area contributed by atoms with Gasteiger partial charge in [0.25, 0.3) is 0 Å². The van der Waals surface area contributed by atoms with E-state index in [2.05, 4.69) is 5.32 Å². The first kappa shape index (κ1) is 22.3. The largest absolute Gasteiger partial charge is 0.471 e. The first-order valence-corrected chi connectivity index (χ1v) is 10.8. The Kier molecular flexibility index (Phi) is 6.85. The molecular formula is C22H25F3N2O2S. The van der Waals surface area contributed by atoms with Crippen molar-refractivity contribution < 1.29 is 22.8 Å². The van der Waals surface area contributed by atoms with Crippen molar-refractivity contribution in [2.24, 2.45) is 0 Å². The van der Waals surface area contributed by atoms with Crippen molar-refractivity contribution in [2.45, 2.75) is 64.2 Å². The Hall–Kier alpha value is -2.35. The van der Waals surface area contributed by atoms with Crippen LogP contribution in [0.3, 0.4) is 0 Å². The molecule has 162 valence electrons. The molecular weight excluding hydrogens is 413 g/mol. The summed E-state index contributed by atoms with van der Waals surface area (Å²) < 4.78 is 40.6. The summed E-state index contributed by atoms with van der Waals surface area (Å²) in [6.45, 7) is 3.61. The number of hydrogen-bond donors (Lipinski definition) is 1. The molecule has 4 nitrogen and oxygen atoms in total. The summed E-state index contributed by atoms with van der Waals surface area (Å²) in [5.74, 6) is -2.64. The number of rotatable bonds is 5. The zero-order chi connectivity index (χ0) is 21.9. The van der Waals surface area contributed by atoms with Gasteiger partial charge in [-0.05, 0) is 51.0 Å². The molecule has 8 heteroatoms. The van der Waals surface area contributed by atoms with Crippen LogP contribution in [0.4, 0.5) is 18.9 Å². The van der Waals surface area contributed by atoms with Crippen LogP contribution in [0.25, 0.3) is 0 Å². The summed E-state index contributed by atoms with van der Waals surface area (Å²) in [7, 11) is 0. The Morgan fingerprint density at radius 1 is 1.03 bits per heavy atom. The summed E-state index contributed by atoms with van der Waals surface area (Å²) in [4.78, 5) is 27.6. The van der Waals surface area contributed by atoms with Crippen LogP contribution in [0.1, 0.15) is 53.5 Å². The Bertz CT molecular complexity index is 887. The smallest absolute Gasteiger partial charge is 0.351 e. The second-order valence-corrected chi connectivity index (χ2v) is 9.02. The van der Waals surface area contributed by atoms with Gasteiger partial charge in [0.1, 0.15) is 0 Å². The van der Waals surface area contributed by atoms with Gasteiger partial charge in [0.2, 0.25) is 5.91 Å². The summed E-state index contributed by atoms with van der Waals surface area (Å²) >= 11 is 1.22. The maximum Gasteiger partial charge on any atom is 0.471 e. The van der Waals surface area contributed by atoms with E-state index in [-0.39, 0.29) is 11.7 Å². The molecule has 1 aromatic carbocycles. The minimum atomic E-state index is -5.11. The minimum absolute atomic E-state index is 0.0396. The molecule has 1 heterocycles. The fourth-order valence-corrected chi connectivity index (χ4v) is 4.69. The summed E-state index contributed by atoms with van der Waals surface area (Å²) in [5, 5.41) is 2.90. The predicted molar refractivity (Wildman–Crippen MR) is 112 cm³/mol. The van der Waals surface area contributed by atoms with Crippen molar-refractivity contribution in [3.05, 3.63) is 51.7 Å². The third-order valence-electron chi connectivity index (χ3n) is 5.26. The molecule has 2 amide bonds. The van der Waals surface area contributed by atoms with Crippen LogP contribution in [0.5, 0.6) is 0 Å². The number of carbonyl (C=O) groups is 2. The van der Waals surface area contributed by atoms with E-state index in [1.807, 2.05) is 6.92 Å². The average molecular weight is 439 g/mol. The van der Waals surface area contributed by atoms with Crippen molar-refractivity contribution in [2.75, 3.05) is 4.90 Å². The molecule has 1 atom stereocenters. The Morgan fingerprint density at radius 2 is 1.67 bits per heavy atom. The van der Waals surface area contributed by atoms with Gasteiger partial charge in [-0.3, -0.25) is 14.5 Å².